The van der Waals surface area contributed by atoms with E-state index in [-0.39, 0.29) is 0 Å². The minimum Gasteiger partial charge on any atom is -0.388 e. The van der Waals surface area contributed by atoms with Crippen molar-refractivity contribution in [2.75, 3.05) is 12.4 Å². The van der Waals surface area contributed by atoms with Crippen LogP contribution in [0.15, 0.2) is 65.0 Å². The Morgan fingerprint density at radius 3 is 1.78 bits per heavy atom. The van der Waals surface area contributed by atoms with Crippen LogP contribution in [0.25, 0.3) is 0 Å². The first-order chi connectivity index (χ1) is 8.72. The van der Waals surface area contributed by atoms with Gasteiger partial charge in [0.25, 0.3) is 0 Å². The van der Waals surface area contributed by atoms with Gasteiger partial charge in [-0.15, -0.1) is 4.36 Å². The summed E-state index contributed by atoms with van der Waals surface area (Å²) in [7, 11) is -0.430. The highest BCUT2D eigenvalue weighted by Gasteiger charge is 1.82. The van der Waals surface area contributed by atoms with Crippen molar-refractivity contribution < 1.29 is 8.42 Å². The van der Waals surface area contributed by atoms with Crippen molar-refractivity contribution in [2.24, 2.45) is 4.36 Å². The summed E-state index contributed by atoms with van der Waals surface area (Å²) in [5.41, 5.74) is 1.61. The van der Waals surface area contributed by atoms with Gasteiger partial charge in [0.05, 0.1) is 5.69 Å². The molecular formula is C13H14N2O2S. The van der Waals surface area contributed by atoms with Crippen LogP contribution in [-0.2, 0) is 10.5 Å². The SMILES string of the molecule is CNc1ccccc1.O=S(=O)=Nc1ccccc1. The van der Waals surface area contributed by atoms with Crippen molar-refractivity contribution in [2.45, 2.75) is 0 Å². The number of hydrogen-bond acceptors (Lipinski definition) is 4. The van der Waals surface area contributed by atoms with Crippen molar-refractivity contribution in [3.63, 3.8) is 0 Å². The molecule has 2 aromatic carbocycles. The van der Waals surface area contributed by atoms with Gasteiger partial charge in [-0.1, -0.05) is 36.4 Å². The number of para-hydroxylation sites is 1. The van der Waals surface area contributed by atoms with E-state index in [1.54, 1.807) is 30.3 Å². The van der Waals surface area contributed by atoms with Crippen LogP contribution >= 0.6 is 0 Å². The van der Waals surface area contributed by atoms with Crippen LogP contribution in [0.4, 0.5) is 11.4 Å². The second-order valence-corrected chi connectivity index (χ2v) is 3.88. The van der Waals surface area contributed by atoms with Crippen LogP contribution in [0.2, 0.25) is 0 Å². The summed E-state index contributed by atoms with van der Waals surface area (Å²) in [6.07, 6.45) is 0. The third-order valence-electron chi connectivity index (χ3n) is 2.00. The Morgan fingerprint density at radius 1 is 0.889 bits per heavy atom. The summed E-state index contributed by atoms with van der Waals surface area (Å²) in [5.74, 6) is 0. The molecule has 0 heterocycles. The summed E-state index contributed by atoms with van der Waals surface area (Å²) in [5, 5.41) is 3.03. The third kappa shape index (κ3) is 5.81. The average molecular weight is 262 g/mol. The van der Waals surface area contributed by atoms with E-state index in [0.717, 1.165) is 5.69 Å². The lowest BCUT2D eigenvalue weighted by Gasteiger charge is -1.94. The number of anilines is 1. The molecule has 0 bridgehead atoms. The van der Waals surface area contributed by atoms with Gasteiger partial charge in [0, 0.05) is 12.7 Å². The van der Waals surface area contributed by atoms with Gasteiger partial charge in [-0.05, 0) is 24.3 Å². The second kappa shape index (κ2) is 8.03. The van der Waals surface area contributed by atoms with E-state index < -0.39 is 10.5 Å². The maximum absolute atomic E-state index is 10.0. The maximum Gasteiger partial charge on any atom is 0.316 e. The third-order valence-corrected chi connectivity index (χ3v) is 2.36. The molecule has 0 unspecified atom stereocenters. The van der Waals surface area contributed by atoms with E-state index in [1.165, 1.54) is 0 Å². The van der Waals surface area contributed by atoms with Crippen molar-refractivity contribution in [3.8, 4) is 0 Å². The summed E-state index contributed by atoms with van der Waals surface area (Å²) < 4.78 is 23.3. The van der Waals surface area contributed by atoms with E-state index in [2.05, 4.69) is 9.68 Å². The van der Waals surface area contributed by atoms with E-state index in [0.29, 0.717) is 5.69 Å². The van der Waals surface area contributed by atoms with Crippen LogP contribution in [0.5, 0.6) is 0 Å². The molecule has 2 aromatic rings. The molecule has 2 rings (SSSR count). The van der Waals surface area contributed by atoms with Gasteiger partial charge in [-0.3, -0.25) is 0 Å². The second-order valence-electron chi connectivity index (χ2n) is 3.26. The van der Waals surface area contributed by atoms with Gasteiger partial charge in [0.15, 0.2) is 0 Å². The van der Waals surface area contributed by atoms with Gasteiger partial charge >= 0.3 is 10.5 Å². The molecule has 0 fully saturated rings. The fourth-order valence-corrected chi connectivity index (χ4v) is 1.47. The maximum atomic E-state index is 10.0. The number of nitrogens with zero attached hydrogens (tertiary/aromatic N) is 1. The molecule has 0 spiro atoms. The predicted octanol–water partition coefficient (Wildman–Crippen LogP) is 3.11. The van der Waals surface area contributed by atoms with Crippen molar-refractivity contribution in [3.05, 3.63) is 60.7 Å². The van der Waals surface area contributed by atoms with Crippen LogP contribution in [-0.4, -0.2) is 15.5 Å². The molecule has 0 aliphatic heterocycles. The Hall–Kier alpha value is -2.14. The largest absolute Gasteiger partial charge is 0.388 e. The Balaban J connectivity index is 0.000000184. The minimum absolute atomic E-state index is 0.454. The molecule has 0 radical (unpaired) electrons. The van der Waals surface area contributed by atoms with E-state index in [9.17, 15) is 8.42 Å². The standard InChI is InChI=1S/C7H9N.C6H5NO2S/c1-8-7-5-3-2-4-6-7;8-10(9)7-6-4-2-1-3-5-6/h2-6,8H,1H3;1-5H. The zero-order valence-electron chi connectivity index (χ0n) is 9.95. The topological polar surface area (TPSA) is 58.5 Å². The molecule has 18 heavy (non-hydrogen) atoms. The lowest BCUT2D eigenvalue weighted by Crippen LogP contribution is -1.84. The normalized spacial score (nSPS) is 8.72. The lowest BCUT2D eigenvalue weighted by molar-refractivity contribution is 0.622. The lowest BCUT2D eigenvalue weighted by atomic mass is 10.3. The Morgan fingerprint density at radius 2 is 1.39 bits per heavy atom. The zero-order valence-corrected chi connectivity index (χ0v) is 10.8. The molecule has 0 aliphatic rings. The molecule has 0 aliphatic carbocycles. The highest BCUT2D eigenvalue weighted by Crippen LogP contribution is 2.08. The van der Waals surface area contributed by atoms with Crippen LogP contribution in [0.1, 0.15) is 0 Å². The summed E-state index contributed by atoms with van der Waals surface area (Å²) in [4.78, 5) is 0. The van der Waals surface area contributed by atoms with Crippen molar-refractivity contribution in [1.29, 1.82) is 0 Å². The van der Waals surface area contributed by atoms with Crippen LogP contribution in [0.3, 0.4) is 0 Å². The van der Waals surface area contributed by atoms with Crippen LogP contribution < -0.4 is 5.32 Å². The molecule has 0 amide bonds. The molecule has 0 saturated carbocycles. The smallest absolute Gasteiger partial charge is 0.316 e. The molecule has 0 saturated heterocycles. The first-order valence-corrected chi connectivity index (χ1v) is 6.34. The number of hydrogen-bond donors (Lipinski definition) is 1. The summed E-state index contributed by atoms with van der Waals surface area (Å²) in [6.45, 7) is 0. The molecule has 1 N–H and O–H groups in total. The summed E-state index contributed by atoms with van der Waals surface area (Å²) >= 11 is 0. The first kappa shape index (κ1) is 13.9. The van der Waals surface area contributed by atoms with Gasteiger partial charge < -0.3 is 5.32 Å². The Labute approximate surface area is 108 Å². The van der Waals surface area contributed by atoms with E-state index in [4.69, 9.17) is 0 Å². The highest BCUT2D eigenvalue weighted by atomic mass is 32.2. The fourth-order valence-electron chi connectivity index (χ4n) is 1.18. The average Bonchev–Trinajstić information content (AvgIpc) is 2.41. The number of rotatable bonds is 2. The molecule has 94 valence electrons. The molecule has 4 nitrogen and oxygen atoms in total. The quantitative estimate of drug-likeness (QED) is 0.904. The zero-order chi connectivity index (χ0) is 13.2. The van der Waals surface area contributed by atoms with Gasteiger partial charge in [-0.2, -0.15) is 8.42 Å². The Kier molecular flexibility index (Phi) is 6.21. The predicted molar refractivity (Wildman–Crippen MR) is 73.4 cm³/mol. The molecule has 5 heteroatoms. The molecular weight excluding hydrogens is 248 g/mol. The number of benzene rings is 2. The van der Waals surface area contributed by atoms with Gasteiger partial charge in [0.1, 0.15) is 0 Å². The van der Waals surface area contributed by atoms with Crippen molar-refractivity contribution in [1.82, 2.24) is 0 Å². The minimum atomic E-state index is -2.34. The van der Waals surface area contributed by atoms with Gasteiger partial charge in [-0.25, -0.2) is 0 Å². The molecule has 0 atom stereocenters. The number of nitrogens with one attached hydrogen (secondary N) is 1. The summed E-state index contributed by atoms with van der Waals surface area (Å²) in [6, 6.07) is 18.6. The van der Waals surface area contributed by atoms with Crippen molar-refractivity contribution >= 4 is 21.9 Å². The van der Waals surface area contributed by atoms with E-state index >= 15 is 0 Å². The first-order valence-electron chi connectivity index (χ1n) is 5.31. The van der Waals surface area contributed by atoms with Crippen LogP contribution in [0, 0.1) is 0 Å². The fraction of sp³-hybridized carbons (Fsp3) is 0.0769. The monoisotopic (exact) mass is 262 g/mol. The Bertz CT molecular complexity index is 573. The van der Waals surface area contributed by atoms with E-state index in [1.807, 2.05) is 37.4 Å². The van der Waals surface area contributed by atoms with Gasteiger partial charge in [0.2, 0.25) is 0 Å². The highest BCUT2D eigenvalue weighted by molar-refractivity contribution is 7.61. The molecule has 0 aromatic heterocycles.